The third-order valence-corrected chi connectivity index (χ3v) is 7.01. The van der Waals surface area contributed by atoms with E-state index in [1.54, 1.807) is 4.68 Å². The van der Waals surface area contributed by atoms with Crippen molar-refractivity contribution in [3.8, 4) is 11.5 Å². The number of fused-ring (bicyclic) bond motifs is 1. The van der Waals surface area contributed by atoms with Gasteiger partial charge in [-0.25, -0.2) is 9.48 Å². The van der Waals surface area contributed by atoms with Crippen molar-refractivity contribution in [1.82, 2.24) is 14.8 Å². The van der Waals surface area contributed by atoms with Gasteiger partial charge in [-0.15, -0.1) is 5.10 Å². The van der Waals surface area contributed by atoms with E-state index >= 15 is 0 Å². The summed E-state index contributed by atoms with van der Waals surface area (Å²) in [6, 6.07) is 12.8. The van der Waals surface area contributed by atoms with Crippen molar-refractivity contribution in [2.45, 2.75) is 64.1 Å². The average molecular weight is 557 g/mol. The molecule has 0 amide bonds. The molecule has 1 aromatic heterocycles. The van der Waals surface area contributed by atoms with E-state index < -0.39 is 12.0 Å². The van der Waals surface area contributed by atoms with Crippen LogP contribution in [0, 0.1) is 0 Å². The Hall–Kier alpha value is -3.17. The van der Waals surface area contributed by atoms with Gasteiger partial charge in [0, 0.05) is 16.5 Å². The molecule has 1 atom stereocenters. The number of allylic oxidation sites excluding steroid dienone is 1. The number of benzene rings is 2. The van der Waals surface area contributed by atoms with E-state index in [-0.39, 0.29) is 6.10 Å². The maximum absolute atomic E-state index is 13.3. The minimum absolute atomic E-state index is 0.0136. The molecule has 2 aromatic carbocycles. The summed E-state index contributed by atoms with van der Waals surface area (Å²) < 4.78 is 19.2. The van der Waals surface area contributed by atoms with E-state index in [4.69, 9.17) is 35.9 Å². The normalized spacial score (nSPS) is 14.8. The lowest BCUT2D eigenvalue weighted by molar-refractivity contribution is -0.139. The molecule has 0 spiro atoms. The zero-order chi connectivity index (χ0) is 27.2. The molecular weight excluding hydrogens is 524 g/mol. The van der Waals surface area contributed by atoms with Gasteiger partial charge in [0.05, 0.1) is 24.9 Å². The Morgan fingerprint density at radius 2 is 1.97 bits per heavy atom. The Kier molecular flexibility index (Phi) is 9.22. The number of nitrogens with zero attached hydrogens (tertiary/aromatic N) is 3. The maximum atomic E-state index is 13.3. The first-order valence-corrected chi connectivity index (χ1v) is 14.1. The van der Waals surface area contributed by atoms with E-state index in [2.05, 4.69) is 5.32 Å². The molecule has 1 aliphatic heterocycles. The zero-order valence-corrected chi connectivity index (χ0v) is 23.9. The van der Waals surface area contributed by atoms with Crippen molar-refractivity contribution in [3.63, 3.8) is 0 Å². The first-order valence-electron chi connectivity index (χ1n) is 12.7. The molecule has 8 nitrogen and oxygen atoms in total. The smallest absolute Gasteiger partial charge is 0.338 e. The van der Waals surface area contributed by atoms with Crippen LogP contribution in [0.4, 0.5) is 5.95 Å². The van der Waals surface area contributed by atoms with E-state index in [0.29, 0.717) is 57.9 Å². The summed E-state index contributed by atoms with van der Waals surface area (Å²) in [6.45, 7) is 10.5. The quantitative estimate of drug-likeness (QED) is 0.207. The lowest BCUT2D eigenvalue weighted by Gasteiger charge is -2.28. The molecule has 0 saturated carbocycles. The lowest BCUT2D eigenvalue weighted by atomic mass is 9.95. The van der Waals surface area contributed by atoms with Crippen molar-refractivity contribution in [2.24, 2.45) is 0 Å². The van der Waals surface area contributed by atoms with Crippen LogP contribution in [0.3, 0.4) is 0 Å². The molecule has 0 saturated heterocycles. The molecule has 38 heavy (non-hydrogen) atoms. The summed E-state index contributed by atoms with van der Waals surface area (Å²) >= 11 is 7.82. The van der Waals surface area contributed by atoms with Crippen molar-refractivity contribution in [2.75, 3.05) is 18.5 Å². The standard InChI is InChI=1S/C28H33ClN4O4S/c1-6-14-36-26(34)24-18(5)30-27-31-28(38-16-20-10-8-9-11-21(20)29)32-33(27)25(24)19-12-13-22(37-17(3)4)23(15-19)35-7-2/h8-13,15,17,25H,6-7,14,16H2,1-5H3,(H,30,31,32). The van der Waals surface area contributed by atoms with Crippen molar-refractivity contribution >= 4 is 35.3 Å². The van der Waals surface area contributed by atoms with E-state index in [0.717, 1.165) is 17.5 Å². The lowest BCUT2D eigenvalue weighted by Crippen LogP contribution is -2.29. The van der Waals surface area contributed by atoms with Crippen LogP contribution in [0.5, 0.6) is 11.5 Å². The summed E-state index contributed by atoms with van der Waals surface area (Å²) in [5.74, 6) is 2.01. The van der Waals surface area contributed by atoms with E-state index in [1.165, 1.54) is 11.8 Å². The summed E-state index contributed by atoms with van der Waals surface area (Å²) in [6.07, 6.45) is 0.712. The Morgan fingerprint density at radius 3 is 2.68 bits per heavy atom. The van der Waals surface area contributed by atoms with Crippen LogP contribution >= 0.6 is 23.4 Å². The monoisotopic (exact) mass is 556 g/mol. The number of nitrogens with one attached hydrogen (secondary N) is 1. The molecule has 202 valence electrons. The number of esters is 1. The van der Waals surface area contributed by atoms with E-state index in [9.17, 15) is 4.79 Å². The fraction of sp³-hybridized carbons (Fsp3) is 0.393. The van der Waals surface area contributed by atoms with E-state index in [1.807, 2.05) is 77.1 Å². The highest BCUT2D eigenvalue weighted by Gasteiger charge is 2.36. The second kappa shape index (κ2) is 12.6. The molecule has 0 radical (unpaired) electrons. The molecule has 1 unspecified atom stereocenters. The molecule has 2 heterocycles. The molecule has 0 fully saturated rings. The first kappa shape index (κ1) is 27.9. The number of hydrogen-bond acceptors (Lipinski definition) is 8. The van der Waals surface area contributed by atoms with Crippen molar-refractivity contribution in [1.29, 1.82) is 0 Å². The molecular formula is C28H33ClN4O4S. The van der Waals surface area contributed by atoms with Gasteiger partial charge in [-0.3, -0.25) is 0 Å². The van der Waals surface area contributed by atoms with Gasteiger partial charge < -0.3 is 19.5 Å². The molecule has 1 aliphatic rings. The number of carbonyl (C=O) groups is 1. The topological polar surface area (TPSA) is 87.5 Å². The van der Waals surface area contributed by atoms with Crippen LogP contribution in [0.2, 0.25) is 5.02 Å². The molecule has 0 bridgehead atoms. The van der Waals surface area contributed by atoms with Crippen LogP contribution in [-0.4, -0.2) is 40.1 Å². The van der Waals surface area contributed by atoms with Crippen LogP contribution in [0.15, 0.2) is 58.9 Å². The molecule has 4 rings (SSSR count). The number of ether oxygens (including phenoxy) is 3. The number of halogens is 1. The third kappa shape index (κ3) is 6.27. The maximum Gasteiger partial charge on any atom is 0.338 e. The van der Waals surface area contributed by atoms with Crippen LogP contribution < -0.4 is 14.8 Å². The van der Waals surface area contributed by atoms with Crippen LogP contribution in [-0.2, 0) is 15.3 Å². The predicted molar refractivity (Wildman–Crippen MR) is 150 cm³/mol. The van der Waals surface area contributed by atoms with Gasteiger partial charge in [0.15, 0.2) is 11.5 Å². The fourth-order valence-corrected chi connectivity index (χ4v) is 5.22. The highest BCUT2D eigenvalue weighted by Crippen LogP contribution is 2.40. The summed E-state index contributed by atoms with van der Waals surface area (Å²) in [4.78, 5) is 18.0. The highest BCUT2D eigenvalue weighted by atomic mass is 35.5. The van der Waals surface area contributed by atoms with Gasteiger partial charge in [-0.2, -0.15) is 4.98 Å². The van der Waals surface area contributed by atoms with Crippen molar-refractivity contribution in [3.05, 3.63) is 69.9 Å². The second-order valence-corrected chi connectivity index (χ2v) is 10.4. The fourth-order valence-electron chi connectivity index (χ4n) is 4.11. The Bertz CT molecular complexity index is 1320. The van der Waals surface area contributed by atoms with Crippen molar-refractivity contribution < 1.29 is 19.0 Å². The number of aromatic nitrogens is 3. The first-order chi connectivity index (χ1) is 18.3. The molecule has 1 N–H and O–H groups in total. The number of thioether (sulfide) groups is 1. The summed E-state index contributed by atoms with van der Waals surface area (Å²) in [5, 5.41) is 9.31. The second-order valence-electron chi connectivity index (χ2n) is 9.05. The Morgan fingerprint density at radius 1 is 1.18 bits per heavy atom. The highest BCUT2D eigenvalue weighted by molar-refractivity contribution is 7.98. The minimum Gasteiger partial charge on any atom is -0.490 e. The molecule has 10 heteroatoms. The van der Waals surface area contributed by atoms with Gasteiger partial charge in [0.25, 0.3) is 0 Å². The van der Waals surface area contributed by atoms with Gasteiger partial charge >= 0.3 is 5.97 Å². The Labute approximate surface area is 232 Å². The predicted octanol–water partition coefficient (Wildman–Crippen LogP) is 6.65. The third-order valence-electron chi connectivity index (χ3n) is 5.75. The number of anilines is 1. The largest absolute Gasteiger partial charge is 0.490 e. The zero-order valence-electron chi connectivity index (χ0n) is 22.3. The number of carbonyl (C=O) groups excluding carboxylic acids is 1. The molecule has 0 aliphatic carbocycles. The average Bonchev–Trinajstić information content (AvgIpc) is 3.29. The number of rotatable bonds is 11. The summed E-state index contributed by atoms with van der Waals surface area (Å²) in [7, 11) is 0. The molecule has 3 aromatic rings. The minimum atomic E-state index is -0.565. The Balaban J connectivity index is 1.74. The SMILES string of the molecule is CCCOC(=O)C1=C(C)Nc2nc(SCc3ccccc3Cl)nn2C1c1ccc(OC(C)C)c(OCC)c1. The van der Waals surface area contributed by atoms with Gasteiger partial charge in [0.1, 0.15) is 6.04 Å². The summed E-state index contributed by atoms with van der Waals surface area (Å²) in [5.41, 5.74) is 2.94. The van der Waals surface area contributed by atoms with Crippen LogP contribution in [0.25, 0.3) is 0 Å². The van der Waals surface area contributed by atoms with Gasteiger partial charge in [0.2, 0.25) is 11.1 Å². The van der Waals surface area contributed by atoms with Gasteiger partial charge in [-0.05, 0) is 63.4 Å². The van der Waals surface area contributed by atoms with Crippen LogP contribution in [0.1, 0.15) is 58.2 Å². The van der Waals surface area contributed by atoms with Gasteiger partial charge in [-0.1, -0.05) is 54.6 Å². The number of hydrogen-bond donors (Lipinski definition) is 1.